The SMILES string of the molecule is COC(C)C(C)(O)c1cc(F)cc(F)c1. The van der Waals surface area contributed by atoms with Crippen LogP contribution in [0.25, 0.3) is 0 Å². The van der Waals surface area contributed by atoms with Gasteiger partial charge in [0.1, 0.15) is 17.2 Å². The van der Waals surface area contributed by atoms with Gasteiger partial charge in [0.15, 0.2) is 0 Å². The number of benzene rings is 1. The number of hydrogen-bond acceptors (Lipinski definition) is 2. The van der Waals surface area contributed by atoms with Gasteiger partial charge in [0.25, 0.3) is 0 Å². The molecule has 0 saturated carbocycles. The van der Waals surface area contributed by atoms with E-state index >= 15 is 0 Å². The molecule has 1 N–H and O–H groups in total. The molecular weight excluding hydrogens is 202 g/mol. The van der Waals surface area contributed by atoms with E-state index in [4.69, 9.17) is 4.74 Å². The lowest BCUT2D eigenvalue weighted by Gasteiger charge is -2.29. The van der Waals surface area contributed by atoms with Gasteiger partial charge in [-0.1, -0.05) is 0 Å². The Morgan fingerprint density at radius 2 is 1.73 bits per heavy atom. The van der Waals surface area contributed by atoms with E-state index in [9.17, 15) is 13.9 Å². The summed E-state index contributed by atoms with van der Waals surface area (Å²) in [5, 5.41) is 10.0. The first-order chi connectivity index (χ1) is 6.87. The average molecular weight is 216 g/mol. The largest absolute Gasteiger partial charge is 0.383 e. The molecule has 2 atom stereocenters. The third-order valence-electron chi connectivity index (χ3n) is 2.59. The summed E-state index contributed by atoms with van der Waals surface area (Å²) in [6.45, 7) is 3.08. The first-order valence-corrected chi connectivity index (χ1v) is 4.59. The van der Waals surface area contributed by atoms with Crippen molar-refractivity contribution in [1.82, 2.24) is 0 Å². The fraction of sp³-hybridized carbons (Fsp3) is 0.455. The molecule has 0 aliphatic rings. The van der Waals surface area contributed by atoms with Crippen LogP contribution < -0.4 is 0 Å². The highest BCUT2D eigenvalue weighted by molar-refractivity contribution is 5.24. The Labute approximate surface area is 87.5 Å². The quantitative estimate of drug-likeness (QED) is 0.839. The summed E-state index contributed by atoms with van der Waals surface area (Å²) in [6, 6.07) is 2.95. The summed E-state index contributed by atoms with van der Waals surface area (Å²) in [4.78, 5) is 0. The van der Waals surface area contributed by atoms with Gasteiger partial charge in [-0.05, 0) is 31.5 Å². The monoisotopic (exact) mass is 216 g/mol. The van der Waals surface area contributed by atoms with Crippen LogP contribution in [0.3, 0.4) is 0 Å². The Kier molecular flexibility index (Phi) is 3.42. The van der Waals surface area contributed by atoms with Crippen LogP contribution in [0.1, 0.15) is 19.4 Å². The van der Waals surface area contributed by atoms with Crippen molar-refractivity contribution in [2.75, 3.05) is 7.11 Å². The second-order valence-corrected chi connectivity index (χ2v) is 3.68. The van der Waals surface area contributed by atoms with E-state index in [0.29, 0.717) is 0 Å². The number of aliphatic hydroxyl groups is 1. The van der Waals surface area contributed by atoms with E-state index in [1.807, 2.05) is 0 Å². The summed E-state index contributed by atoms with van der Waals surface area (Å²) >= 11 is 0. The zero-order valence-corrected chi connectivity index (χ0v) is 8.92. The van der Waals surface area contributed by atoms with Gasteiger partial charge in [-0.25, -0.2) is 8.78 Å². The lowest BCUT2D eigenvalue weighted by Crippen LogP contribution is -2.35. The summed E-state index contributed by atoms with van der Waals surface area (Å²) in [7, 11) is 1.43. The lowest BCUT2D eigenvalue weighted by atomic mass is 9.91. The first-order valence-electron chi connectivity index (χ1n) is 4.59. The Morgan fingerprint density at radius 3 is 2.13 bits per heavy atom. The van der Waals surface area contributed by atoms with Crippen LogP contribution in [0.15, 0.2) is 18.2 Å². The summed E-state index contributed by atoms with van der Waals surface area (Å²) in [5.74, 6) is -1.43. The molecule has 4 heteroatoms. The van der Waals surface area contributed by atoms with Crippen LogP contribution in [0.2, 0.25) is 0 Å². The summed E-state index contributed by atoms with van der Waals surface area (Å²) in [6.07, 6.45) is -0.557. The maximum absolute atomic E-state index is 12.9. The van der Waals surface area contributed by atoms with Crippen molar-refractivity contribution in [3.8, 4) is 0 Å². The van der Waals surface area contributed by atoms with Crippen molar-refractivity contribution in [3.63, 3.8) is 0 Å². The highest BCUT2D eigenvalue weighted by Crippen LogP contribution is 2.27. The molecule has 2 nitrogen and oxygen atoms in total. The Balaban J connectivity index is 3.14. The smallest absolute Gasteiger partial charge is 0.126 e. The van der Waals surface area contributed by atoms with Gasteiger partial charge in [0, 0.05) is 13.2 Å². The zero-order chi connectivity index (χ0) is 11.6. The third kappa shape index (κ3) is 2.52. The average Bonchev–Trinajstić information content (AvgIpc) is 2.15. The van der Waals surface area contributed by atoms with E-state index < -0.39 is 23.3 Å². The fourth-order valence-electron chi connectivity index (χ4n) is 1.31. The highest BCUT2D eigenvalue weighted by atomic mass is 19.1. The molecular formula is C11H14F2O2. The number of rotatable bonds is 3. The van der Waals surface area contributed by atoms with E-state index in [1.54, 1.807) is 6.92 Å². The van der Waals surface area contributed by atoms with E-state index in [-0.39, 0.29) is 5.56 Å². The van der Waals surface area contributed by atoms with Crippen LogP contribution in [0.4, 0.5) is 8.78 Å². The number of hydrogen-bond donors (Lipinski definition) is 1. The molecule has 1 aromatic rings. The second kappa shape index (κ2) is 4.24. The molecule has 0 aromatic heterocycles. The standard InChI is InChI=1S/C11H14F2O2/c1-7(15-3)11(2,14)8-4-9(12)6-10(13)5-8/h4-7,14H,1-3H3. The predicted molar refractivity (Wildman–Crippen MR) is 52.4 cm³/mol. The molecule has 15 heavy (non-hydrogen) atoms. The number of halogens is 2. The minimum absolute atomic E-state index is 0.161. The maximum Gasteiger partial charge on any atom is 0.126 e. The molecule has 0 saturated heterocycles. The van der Waals surface area contributed by atoms with Crippen molar-refractivity contribution >= 4 is 0 Å². The van der Waals surface area contributed by atoms with Crippen molar-refractivity contribution in [2.45, 2.75) is 25.6 Å². The third-order valence-corrected chi connectivity index (χ3v) is 2.59. The minimum atomic E-state index is -1.42. The molecule has 0 fully saturated rings. The number of methoxy groups -OCH3 is 1. The van der Waals surface area contributed by atoms with Crippen LogP contribution in [0, 0.1) is 11.6 Å². The van der Waals surface area contributed by atoms with Gasteiger partial charge >= 0.3 is 0 Å². The van der Waals surface area contributed by atoms with Gasteiger partial charge in [-0.3, -0.25) is 0 Å². The Hall–Kier alpha value is -1.00. The Morgan fingerprint density at radius 1 is 1.27 bits per heavy atom. The molecule has 1 aromatic carbocycles. The molecule has 0 aliphatic heterocycles. The van der Waals surface area contributed by atoms with Gasteiger partial charge in [-0.2, -0.15) is 0 Å². The van der Waals surface area contributed by atoms with Gasteiger partial charge in [-0.15, -0.1) is 0 Å². The minimum Gasteiger partial charge on any atom is -0.383 e. The van der Waals surface area contributed by atoms with Crippen molar-refractivity contribution in [1.29, 1.82) is 0 Å². The molecule has 0 radical (unpaired) electrons. The molecule has 84 valence electrons. The Bertz CT molecular complexity index is 330. The molecule has 0 heterocycles. The molecule has 0 aliphatic carbocycles. The maximum atomic E-state index is 12.9. The normalized spacial score (nSPS) is 17.2. The second-order valence-electron chi connectivity index (χ2n) is 3.68. The van der Waals surface area contributed by atoms with Crippen molar-refractivity contribution in [3.05, 3.63) is 35.4 Å². The molecule has 2 unspecified atom stereocenters. The number of ether oxygens (including phenoxy) is 1. The van der Waals surface area contributed by atoms with Crippen LogP contribution in [-0.4, -0.2) is 18.3 Å². The molecule has 0 amide bonds. The summed E-state index contributed by atoms with van der Waals surface area (Å²) < 4.78 is 30.8. The van der Waals surface area contributed by atoms with Crippen LogP contribution in [0.5, 0.6) is 0 Å². The fourth-order valence-corrected chi connectivity index (χ4v) is 1.31. The topological polar surface area (TPSA) is 29.5 Å². The molecule has 0 bridgehead atoms. The van der Waals surface area contributed by atoms with Gasteiger partial charge < -0.3 is 9.84 Å². The predicted octanol–water partition coefficient (Wildman–Crippen LogP) is 2.21. The van der Waals surface area contributed by atoms with Gasteiger partial charge in [0.05, 0.1) is 6.10 Å². The molecule has 0 spiro atoms. The lowest BCUT2D eigenvalue weighted by molar-refractivity contribution is -0.0774. The zero-order valence-electron chi connectivity index (χ0n) is 8.92. The van der Waals surface area contributed by atoms with Gasteiger partial charge in [0.2, 0.25) is 0 Å². The van der Waals surface area contributed by atoms with Crippen LogP contribution >= 0.6 is 0 Å². The van der Waals surface area contributed by atoms with E-state index in [1.165, 1.54) is 14.0 Å². The highest BCUT2D eigenvalue weighted by Gasteiger charge is 2.31. The van der Waals surface area contributed by atoms with Crippen LogP contribution in [-0.2, 0) is 10.3 Å². The van der Waals surface area contributed by atoms with Crippen molar-refractivity contribution in [2.24, 2.45) is 0 Å². The van der Waals surface area contributed by atoms with E-state index in [0.717, 1.165) is 18.2 Å². The summed E-state index contributed by atoms with van der Waals surface area (Å²) in [5.41, 5.74) is -1.26. The van der Waals surface area contributed by atoms with Crippen molar-refractivity contribution < 1.29 is 18.6 Å². The molecule has 1 rings (SSSR count). The van der Waals surface area contributed by atoms with E-state index in [2.05, 4.69) is 0 Å². The first kappa shape index (κ1) is 12.1.